The molecule has 9 N–H and O–H groups in total. The number of unbranched alkanes of at least 4 members (excludes halogenated alkanes) is 29. The monoisotopic (exact) mass is 1170 g/mol. The van der Waals surface area contributed by atoms with Crippen molar-refractivity contribution in [3.63, 3.8) is 0 Å². The van der Waals surface area contributed by atoms with Gasteiger partial charge in [-0.2, -0.15) is 0 Å². The zero-order valence-electron chi connectivity index (χ0n) is 52.2. The highest BCUT2D eigenvalue weighted by Gasteiger charge is 2.51. The first-order valence-electron chi connectivity index (χ1n) is 33.7. The lowest BCUT2D eigenvalue weighted by atomic mass is 9.97. The molecule has 0 aromatic heterocycles. The number of ether oxygens (including phenoxy) is 4. The smallest absolute Gasteiger partial charge is 0.220 e. The molecule has 2 rings (SSSR count). The van der Waals surface area contributed by atoms with Crippen LogP contribution in [0.25, 0.3) is 0 Å². The molecular formula is C69H123NO13. The van der Waals surface area contributed by atoms with Gasteiger partial charge in [0.2, 0.25) is 5.91 Å². The number of carbonyl (C=O) groups is 1. The lowest BCUT2D eigenvalue weighted by molar-refractivity contribution is -0.359. The fourth-order valence-corrected chi connectivity index (χ4v) is 10.8. The van der Waals surface area contributed by atoms with Gasteiger partial charge in [0.15, 0.2) is 12.6 Å². The fourth-order valence-electron chi connectivity index (χ4n) is 10.8. The van der Waals surface area contributed by atoms with Gasteiger partial charge in [-0.05, 0) is 64.2 Å². The number of aliphatic hydroxyl groups is 8. The predicted molar refractivity (Wildman–Crippen MR) is 337 cm³/mol. The van der Waals surface area contributed by atoms with Crippen molar-refractivity contribution in [1.82, 2.24) is 5.32 Å². The SMILES string of the molecule is CC/C=C\C/C=C\C/C=C\C/C=C\C/C=C\C/C=C\CCCCCCCCCCCCCCCCCCC(=O)NC(COC1OC(CO)C(OC2OC(CO)C(O)C(O)C2O)C(O)C1O)C(O)CCCCCCCCCCCCCCCC. The normalized spacial score (nSPS) is 24.3. The molecule has 2 saturated heterocycles. The predicted octanol–water partition coefficient (Wildman–Crippen LogP) is 13.1. The van der Waals surface area contributed by atoms with Crippen molar-refractivity contribution in [2.24, 2.45) is 0 Å². The first-order chi connectivity index (χ1) is 40.6. The first-order valence-corrected chi connectivity index (χ1v) is 33.7. The molecule has 0 spiro atoms. The molecule has 0 bridgehead atoms. The zero-order valence-corrected chi connectivity index (χ0v) is 52.2. The molecule has 0 radical (unpaired) electrons. The van der Waals surface area contributed by atoms with E-state index in [0.29, 0.717) is 12.8 Å². The van der Waals surface area contributed by atoms with Crippen molar-refractivity contribution in [3.05, 3.63) is 72.9 Å². The van der Waals surface area contributed by atoms with Crippen LogP contribution in [0.1, 0.15) is 264 Å². The third kappa shape index (κ3) is 38.4. The molecule has 2 aliphatic heterocycles. The summed E-state index contributed by atoms with van der Waals surface area (Å²) < 4.78 is 22.9. The average molecular weight is 1170 g/mol. The lowest BCUT2D eigenvalue weighted by Gasteiger charge is -2.46. The maximum Gasteiger partial charge on any atom is 0.220 e. The van der Waals surface area contributed by atoms with E-state index in [1.54, 1.807) is 0 Å². The number of amides is 1. The third-order valence-electron chi connectivity index (χ3n) is 16.2. The Balaban J connectivity index is 1.61. The molecule has 0 aromatic carbocycles. The van der Waals surface area contributed by atoms with Gasteiger partial charge in [0.05, 0.1) is 32.0 Å². The van der Waals surface area contributed by atoms with Gasteiger partial charge < -0.3 is 65.1 Å². The topological polar surface area (TPSA) is 228 Å². The highest BCUT2D eigenvalue weighted by molar-refractivity contribution is 5.76. The van der Waals surface area contributed by atoms with Crippen molar-refractivity contribution < 1.29 is 64.6 Å². The first kappa shape index (κ1) is 76.5. The number of hydrogen-bond acceptors (Lipinski definition) is 13. The highest BCUT2D eigenvalue weighted by atomic mass is 16.7. The van der Waals surface area contributed by atoms with Crippen molar-refractivity contribution in [1.29, 1.82) is 0 Å². The van der Waals surface area contributed by atoms with Crippen LogP contribution >= 0.6 is 0 Å². The van der Waals surface area contributed by atoms with Crippen LogP contribution in [0.5, 0.6) is 0 Å². The number of rotatable bonds is 54. The third-order valence-corrected chi connectivity index (χ3v) is 16.2. The van der Waals surface area contributed by atoms with Crippen molar-refractivity contribution >= 4 is 5.91 Å². The molecular weight excluding hydrogens is 1050 g/mol. The van der Waals surface area contributed by atoms with E-state index < -0.39 is 86.8 Å². The van der Waals surface area contributed by atoms with E-state index in [2.05, 4.69) is 92.1 Å². The van der Waals surface area contributed by atoms with Crippen LogP contribution in [0.2, 0.25) is 0 Å². The molecule has 83 heavy (non-hydrogen) atoms. The lowest BCUT2D eigenvalue weighted by Crippen LogP contribution is -2.65. The van der Waals surface area contributed by atoms with Crippen LogP contribution < -0.4 is 5.32 Å². The molecule has 0 aromatic rings. The summed E-state index contributed by atoms with van der Waals surface area (Å²) in [4.78, 5) is 13.3. The molecule has 2 heterocycles. The van der Waals surface area contributed by atoms with E-state index in [1.807, 2.05) is 0 Å². The number of carbonyl (C=O) groups excluding carboxylic acids is 1. The Bertz CT molecular complexity index is 1670. The van der Waals surface area contributed by atoms with Crippen molar-refractivity contribution in [3.8, 4) is 0 Å². The van der Waals surface area contributed by atoms with Gasteiger partial charge in [-0.25, -0.2) is 0 Å². The maximum atomic E-state index is 13.3. The van der Waals surface area contributed by atoms with Gasteiger partial charge in [0, 0.05) is 6.42 Å². The number of aliphatic hydroxyl groups excluding tert-OH is 8. The summed E-state index contributed by atoms with van der Waals surface area (Å²) in [6, 6.07) is -0.830. The summed E-state index contributed by atoms with van der Waals surface area (Å²) in [7, 11) is 0. The molecule has 12 unspecified atom stereocenters. The van der Waals surface area contributed by atoms with Crippen LogP contribution in [-0.4, -0.2) is 140 Å². The molecule has 12 atom stereocenters. The van der Waals surface area contributed by atoms with Gasteiger partial charge in [0.1, 0.15) is 48.8 Å². The Morgan fingerprint density at radius 3 is 1.28 bits per heavy atom. The molecule has 0 aliphatic carbocycles. The summed E-state index contributed by atoms with van der Waals surface area (Å²) >= 11 is 0. The minimum atomic E-state index is -1.78. The second-order valence-electron chi connectivity index (χ2n) is 23.6. The summed E-state index contributed by atoms with van der Waals surface area (Å²) in [6.45, 7) is 2.76. The zero-order chi connectivity index (χ0) is 60.2. The quantitative estimate of drug-likeness (QED) is 0.0204. The van der Waals surface area contributed by atoms with Crippen LogP contribution in [0.3, 0.4) is 0 Å². The summed E-state index contributed by atoms with van der Waals surface area (Å²) in [5.41, 5.74) is 0. The molecule has 0 saturated carbocycles. The van der Waals surface area contributed by atoms with Gasteiger partial charge in [0.25, 0.3) is 0 Å². The molecule has 1 amide bonds. The van der Waals surface area contributed by atoms with E-state index in [0.717, 1.165) is 89.9 Å². The van der Waals surface area contributed by atoms with Gasteiger partial charge in [-0.1, -0.05) is 267 Å². The van der Waals surface area contributed by atoms with Crippen LogP contribution in [0, 0.1) is 0 Å². The summed E-state index contributed by atoms with van der Waals surface area (Å²) in [6.07, 6.45) is 54.9. The molecule has 14 heteroatoms. The van der Waals surface area contributed by atoms with E-state index in [4.69, 9.17) is 18.9 Å². The number of nitrogens with one attached hydrogen (secondary N) is 1. The Kier molecular flexibility index (Phi) is 49.5. The van der Waals surface area contributed by atoms with E-state index in [9.17, 15) is 45.6 Å². The van der Waals surface area contributed by atoms with Crippen LogP contribution in [0.4, 0.5) is 0 Å². The molecule has 2 aliphatic rings. The van der Waals surface area contributed by atoms with E-state index >= 15 is 0 Å². The Hall–Kier alpha value is -2.57. The van der Waals surface area contributed by atoms with Crippen molar-refractivity contribution in [2.75, 3.05) is 19.8 Å². The summed E-state index contributed by atoms with van der Waals surface area (Å²) in [5.74, 6) is -0.207. The van der Waals surface area contributed by atoms with Crippen LogP contribution in [-0.2, 0) is 23.7 Å². The fraction of sp³-hybridized carbons (Fsp3) is 0.812. The van der Waals surface area contributed by atoms with Gasteiger partial charge >= 0.3 is 0 Å². The Morgan fingerprint density at radius 2 is 0.831 bits per heavy atom. The number of allylic oxidation sites excluding steroid dienone is 12. The minimum Gasteiger partial charge on any atom is -0.394 e. The standard InChI is InChI=1S/C69H123NO13/c1-3-5-7-9-11-13-15-17-19-20-21-22-23-24-25-26-27-28-29-30-31-32-33-34-35-36-37-38-39-41-43-45-47-49-51-53-61(74)70-57(58(73)52-50-48-46-44-42-40-18-16-14-12-10-8-6-4-2)56-80-68-66(79)64(77)67(60(55-72)82-68)83-69-65(78)63(76)62(75)59(54-71)81-69/h5,7,11,13,17,19,21-22,24-25,27-28,57-60,62-69,71-73,75-79H,3-4,6,8-10,12,14-16,18,20,23,26,29-56H2,1-2H3,(H,70,74)/b7-5-,13-11-,19-17-,22-21-,25-24-,28-27-. The Morgan fingerprint density at radius 1 is 0.446 bits per heavy atom. The van der Waals surface area contributed by atoms with E-state index in [-0.39, 0.29) is 12.5 Å². The second-order valence-corrected chi connectivity index (χ2v) is 23.6. The maximum absolute atomic E-state index is 13.3. The second kappa shape index (κ2) is 53.7. The van der Waals surface area contributed by atoms with Gasteiger partial charge in [-0.15, -0.1) is 0 Å². The largest absolute Gasteiger partial charge is 0.394 e. The van der Waals surface area contributed by atoms with Crippen LogP contribution in [0.15, 0.2) is 72.9 Å². The highest BCUT2D eigenvalue weighted by Crippen LogP contribution is 2.30. The molecule has 2 fully saturated rings. The summed E-state index contributed by atoms with van der Waals surface area (Å²) in [5, 5.41) is 87.4. The molecule has 14 nitrogen and oxygen atoms in total. The minimum absolute atomic E-state index is 0.207. The average Bonchev–Trinajstić information content (AvgIpc) is 3.64. The van der Waals surface area contributed by atoms with Crippen molar-refractivity contribution in [2.45, 2.75) is 338 Å². The number of hydrogen-bond donors (Lipinski definition) is 9. The molecule has 482 valence electrons. The van der Waals surface area contributed by atoms with Gasteiger partial charge in [-0.3, -0.25) is 4.79 Å². The van der Waals surface area contributed by atoms with E-state index in [1.165, 1.54) is 148 Å². The Labute approximate surface area is 504 Å².